The number of benzene rings is 1. The third kappa shape index (κ3) is 4.21. The zero-order chi connectivity index (χ0) is 19.2. The van der Waals surface area contributed by atoms with Crippen LogP contribution in [0.5, 0.6) is 11.5 Å². The summed E-state index contributed by atoms with van der Waals surface area (Å²) in [7, 11) is 5.18. The molecule has 0 unspecified atom stereocenters. The molecule has 3 aromatic rings. The Morgan fingerprint density at radius 3 is 2.70 bits per heavy atom. The minimum absolute atomic E-state index is 0.537. The number of hydrogen-bond acceptors (Lipinski definition) is 7. The van der Waals surface area contributed by atoms with Crippen molar-refractivity contribution in [2.75, 3.05) is 31.4 Å². The van der Waals surface area contributed by atoms with E-state index in [1.54, 1.807) is 25.1 Å². The van der Waals surface area contributed by atoms with Crippen LogP contribution in [-0.2, 0) is 13.6 Å². The molecular formula is C19H26N6O2. The number of methoxy groups -OCH3 is 2. The molecule has 144 valence electrons. The van der Waals surface area contributed by atoms with Crippen LogP contribution in [0, 0.1) is 0 Å². The average Bonchev–Trinajstić information content (AvgIpc) is 3.07. The summed E-state index contributed by atoms with van der Waals surface area (Å²) in [5.74, 6) is 2.90. The van der Waals surface area contributed by atoms with Crippen LogP contribution in [0.1, 0.15) is 25.3 Å². The number of aryl methyl sites for hydroxylation is 1. The van der Waals surface area contributed by atoms with Gasteiger partial charge < -0.3 is 20.1 Å². The van der Waals surface area contributed by atoms with Gasteiger partial charge in [0.2, 0.25) is 5.95 Å². The fourth-order valence-electron chi connectivity index (χ4n) is 2.81. The van der Waals surface area contributed by atoms with Crippen LogP contribution < -0.4 is 20.1 Å². The number of aromatic nitrogens is 4. The van der Waals surface area contributed by atoms with Crippen molar-refractivity contribution in [1.82, 2.24) is 19.7 Å². The van der Waals surface area contributed by atoms with Gasteiger partial charge in [0.15, 0.2) is 5.65 Å². The van der Waals surface area contributed by atoms with E-state index in [-0.39, 0.29) is 0 Å². The van der Waals surface area contributed by atoms with E-state index < -0.39 is 0 Å². The summed E-state index contributed by atoms with van der Waals surface area (Å²) in [6.07, 6.45) is 3.95. The van der Waals surface area contributed by atoms with Gasteiger partial charge >= 0.3 is 0 Å². The average molecular weight is 370 g/mol. The molecule has 27 heavy (non-hydrogen) atoms. The number of unbranched alkanes of at least 4 members (excludes halogenated alkanes) is 1. The van der Waals surface area contributed by atoms with E-state index in [1.165, 1.54) is 0 Å². The van der Waals surface area contributed by atoms with Gasteiger partial charge in [-0.1, -0.05) is 13.3 Å². The summed E-state index contributed by atoms with van der Waals surface area (Å²) >= 11 is 0. The summed E-state index contributed by atoms with van der Waals surface area (Å²) in [6.45, 7) is 3.53. The van der Waals surface area contributed by atoms with E-state index in [4.69, 9.17) is 9.47 Å². The van der Waals surface area contributed by atoms with Gasteiger partial charge in [-0.15, -0.1) is 0 Å². The Labute approximate surface area is 158 Å². The number of nitrogens with one attached hydrogen (secondary N) is 2. The lowest BCUT2D eigenvalue weighted by Crippen LogP contribution is -2.09. The largest absolute Gasteiger partial charge is 0.497 e. The lowest BCUT2D eigenvalue weighted by Gasteiger charge is -2.13. The molecule has 0 bridgehead atoms. The van der Waals surface area contributed by atoms with Crippen LogP contribution in [0.3, 0.4) is 0 Å². The van der Waals surface area contributed by atoms with Crippen LogP contribution >= 0.6 is 0 Å². The van der Waals surface area contributed by atoms with Crippen molar-refractivity contribution >= 4 is 22.8 Å². The summed E-state index contributed by atoms with van der Waals surface area (Å²) < 4.78 is 12.5. The van der Waals surface area contributed by atoms with Crippen LogP contribution in [0.15, 0.2) is 24.4 Å². The van der Waals surface area contributed by atoms with Crippen LogP contribution in [-0.4, -0.2) is 40.5 Å². The lowest BCUT2D eigenvalue weighted by atomic mass is 10.2. The highest BCUT2D eigenvalue weighted by Crippen LogP contribution is 2.26. The second-order valence-corrected chi connectivity index (χ2v) is 6.21. The maximum atomic E-state index is 5.46. The molecule has 1 aromatic carbocycles. The molecule has 0 aliphatic rings. The van der Waals surface area contributed by atoms with Crippen molar-refractivity contribution in [2.24, 2.45) is 7.05 Å². The zero-order valence-electron chi connectivity index (χ0n) is 16.2. The maximum absolute atomic E-state index is 5.46. The Morgan fingerprint density at radius 2 is 1.96 bits per heavy atom. The molecule has 0 amide bonds. The van der Waals surface area contributed by atoms with E-state index in [0.717, 1.165) is 53.3 Å². The molecular weight excluding hydrogens is 344 g/mol. The van der Waals surface area contributed by atoms with E-state index in [0.29, 0.717) is 12.5 Å². The lowest BCUT2D eigenvalue weighted by molar-refractivity contribution is 0.399. The van der Waals surface area contributed by atoms with Gasteiger partial charge in [0, 0.05) is 25.7 Å². The first kappa shape index (κ1) is 18.8. The highest BCUT2D eigenvalue weighted by molar-refractivity contribution is 5.87. The van der Waals surface area contributed by atoms with Crippen molar-refractivity contribution in [1.29, 1.82) is 0 Å². The summed E-state index contributed by atoms with van der Waals surface area (Å²) in [5, 5.41) is 11.9. The molecule has 0 aliphatic carbocycles. The second kappa shape index (κ2) is 8.57. The molecule has 0 atom stereocenters. The first-order valence-corrected chi connectivity index (χ1v) is 9.04. The summed E-state index contributed by atoms with van der Waals surface area (Å²) in [6, 6.07) is 5.73. The molecule has 0 radical (unpaired) electrons. The molecule has 2 aromatic heterocycles. The third-order valence-corrected chi connectivity index (χ3v) is 4.34. The molecule has 3 rings (SSSR count). The highest BCUT2D eigenvalue weighted by Gasteiger charge is 2.13. The number of hydrogen-bond donors (Lipinski definition) is 2. The van der Waals surface area contributed by atoms with Crippen molar-refractivity contribution in [3.63, 3.8) is 0 Å². The number of fused-ring (bicyclic) bond motifs is 1. The summed E-state index contributed by atoms with van der Waals surface area (Å²) in [4.78, 5) is 9.22. The fourth-order valence-corrected chi connectivity index (χ4v) is 2.81. The Morgan fingerprint density at radius 1 is 1.11 bits per heavy atom. The van der Waals surface area contributed by atoms with E-state index in [1.807, 2.05) is 25.2 Å². The first-order valence-electron chi connectivity index (χ1n) is 9.04. The third-order valence-electron chi connectivity index (χ3n) is 4.34. The number of ether oxygens (including phenoxy) is 2. The number of rotatable bonds is 9. The summed E-state index contributed by atoms with van der Waals surface area (Å²) in [5.41, 5.74) is 1.76. The minimum Gasteiger partial charge on any atom is -0.497 e. The Balaban J connectivity index is 1.87. The molecule has 8 heteroatoms. The van der Waals surface area contributed by atoms with Gasteiger partial charge in [0.1, 0.15) is 17.3 Å². The Kier molecular flexibility index (Phi) is 5.95. The van der Waals surface area contributed by atoms with Crippen LogP contribution in [0.4, 0.5) is 11.8 Å². The Hall–Kier alpha value is -3.03. The van der Waals surface area contributed by atoms with Crippen molar-refractivity contribution in [3.8, 4) is 11.5 Å². The van der Waals surface area contributed by atoms with Gasteiger partial charge in [0.05, 0.1) is 25.8 Å². The van der Waals surface area contributed by atoms with Crippen molar-refractivity contribution in [3.05, 3.63) is 30.0 Å². The molecule has 2 heterocycles. The molecule has 0 saturated heterocycles. The highest BCUT2D eigenvalue weighted by atomic mass is 16.5. The van der Waals surface area contributed by atoms with E-state index >= 15 is 0 Å². The monoisotopic (exact) mass is 370 g/mol. The molecule has 0 saturated carbocycles. The SMILES string of the molecule is CCCCNc1nc(NCc2cc(OC)ccc2OC)c2cnn(C)c2n1. The minimum atomic E-state index is 0.537. The molecule has 0 spiro atoms. The normalized spacial score (nSPS) is 10.8. The first-order chi connectivity index (χ1) is 13.2. The Bertz CT molecular complexity index is 909. The van der Waals surface area contributed by atoms with Crippen LogP contribution in [0.25, 0.3) is 11.0 Å². The van der Waals surface area contributed by atoms with Crippen molar-refractivity contribution in [2.45, 2.75) is 26.3 Å². The number of anilines is 2. The predicted molar refractivity (Wildman–Crippen MR) is 107 cm³/mol. The van der Waals surface area contributed by atoms with Gasteiger partial charge in [-0.05, 0) is 24.6 Å². The maximum Gasteiger partial charge on any atom is 0.226 e. The topological polar surface area (TPSA) is 86.1 Å². The van der Waals surface area contributed by atoms with Gasteiger partial charge in [-0.25, -0.2) is 0 Å². The smallest absolute Gasteiger partial charge is 0.226 e. The molecule has 0 aliphatic heterocycles. The predicted octanol–water partition coefficient (Wildman–Crippen LogP) is 3.20. The molecule has 0 fully saturated rings. The van der Waals surface area contributed by atoms with E-state index in [2.05, 4.69) is 32.6 Å². The van der Waals surface area contributed by atoms with Gasteiger partial charge in [-0.2, -0.15) is 15.1 Å². The zero-order valence-corrected chi connectivity index (χ0v) is 16.2. The second-order valence-electron chi connectivity index (χ2n) is 6.21. The molecule has 2 N–H and O–H groups in total. The van der Waals surface area contributed by atoms with Gasteiger partial charge in [-0.3, -0.25) is 4.68 Å². The number of nitrogens with zero attached hydrogens (tertiary/aromatic N) is 4. The van der Waals surface area contributed by atoms with Crippen LogP contribution in [0.2, 0.25) is 0 Å². The fraction of sp³-hybridized carbons (Fsp3) is 0.421. The quantitative estimate of drug-likeness (QED) is 0.559. The van der Waals surface area contributed by atoms with E-state index in [9.17, 15) is 0 Å². The van der Waals surface area contributed by atoms with Gasteiger partial charge in [0.25, 0.3) is 0 Å². The standard InChI is InChI=1S/C19H26N6O2/c1-5-6-9-20-19-23-17(15-12-22-25(2)18(15)24-19)21-11-13-10-14(26-3)7-8-16(13)27-4/h7-8,10,12H,5-6,9,11H2,1-4H3,(H2,20,21,23,24). The van der Waals surface area contributed by atoms with Crippen molar-refractivity contribution < 1.29 is 9.47 Å². The molecule has 8 nitrogen and oxygen atoms in total.